The molecule has 1 atom stereocenters. The van der Waals surface area contributed by atoms with Crippen molar-refractivity contribution in [2.75, 3.05) is 0 Å². The zero-order valence-corrected chi connectivity index (χ0v) is 13.7. The van der Waals surface area contributed by atoms with Gasteiger partial charge in [-0.3, -0.25) is 0 Å². The van der Waals surface area contributed by atoms with E-state index in [0.717, 1.165) is 16.7 Å². The highest BCUT2D eigenvalue weighted by atomic mass is 35.5. The molecular formula is C15H17ClN2O2S. The lowest BCUT2D eigenvalue weighted by atomic mass is 10.0. The summed E-state index contributed by atoms with van der Waals surface area (Å²) in [6.07, 6.45) is 1.45. The number of hydrogen-bond donors (Lipinski definition) is 1. The molecule has 2 aromatic rings. The predicted molar refractivity (Wildman–Crippen MR) is 83.9 cm³/mol. The highest BCUT2D eigenvalue weighted by Crippen LogP contribution is 2.23. The summed E-state index contributed by atoms with van der Waals surface area (Å²) in [7, 11) is -3.71. The average molecular weight is 325 g/mol. The lowest BCUT2D eigenvalue weighted by Gasteiger charge is -2.17. The molecule has 21 heavy (non-hydrogen) atoms. The van der Waals surface area contributed by atoms with Gasteiger partial charge in [0, 0.05) is 12.2 Å². The van der Waals surface area contributed by atoms with Crippen molar-refractivity contribution in [3.05, 3.63) is 58.4 Å². The second-order valence-electron chi connectivity index (χ2n) is 5.00. The summed E-state index contributed by atoms with van der Waals surface area (Å²) in [5, 5.41) is -0.0298. The van der Waals surface area contributed by atoms with Gasteiger partial charge < -0.3 is 0 Å². The Morgan fingerprint density at radius 1 is 1.24 bits per heavy atom. The van der Waals surface area contributed by atoms with Gasteiger partial charge in [-0.1, -0.05) is 35.4 Å². The van der Waals surface area contributed by atoms with Crippen LogP contribution < -0.4 is 4.72 Å². The van der Waals surface area contributed by atoms with Gasteiger partial charge in [0.25, 0.3) is 0 Å². The molecular weight excluding hydrogens is 308 g/mol. The number of aromatic nitrogens is 1. The van der Waals surface area contributed by atoms with Crippen molar-refractivity contribution in [1.29, 1.82) is 0 Å². The molecule has 6 heteroatoms. The van der Waals surface area contributed by atoms with Crippen molar-refractivity contribution in [1.82, 2.24) is 9.71 Å². The van der Waals surface area contributed by atoms with Gasteiger partial charge >= 0.3 is 0 Å². The Bertz CT molecular complexity index is 760. The number of nitrogens with one attached hydrogen (secondary N) is 1. The summed E-state index contributed by atoms with van der Waals surface area (Å²) < 4.78 is 27.4. The first-order chi connectivity index (χ1) is 9.81. The van der Waals surface area contributed by atoms with Gasteiger partial charge in [0.2, 0.25) is 10.0 Å². The van der Waals surface area contributed by atoms with E-state index in [-0.39, 0.29) is 16.1 Å². The topological polar surface area (TPSA) is 59.1 Å². The predicted octanol–water partition coefficient (Wildman–Crippen LogP) is 3.39. The van der Waals surface area contributed by atoms with E-state index < -0.39 is 10.0 Å². The maximum Gasteiger partial charge on any atom is 0.244 e. The smallest absolute Gasteiger partial charge is 0.243 e. The van der Waals surface area contributed by atoms with Crippen LogP contribution >= 0.6 is 11.6 Å². The normalized spacial score (nSPS) is 13.1. The van der Waals surface area contributed by atoms with Crippen LogP contribution in [0.4, 0.5) is 0 Å². The first-order valence-electron chi connectivity index (χ1n) is 6.51. The molecule has 0 fully saturated rings. The number of halogens is 1. The highest BCUT2D eigenvalue weighted by molar-refractivity contribution is 7.89. The van der Waals surface area contributed by atoms with Gasteiger partial charge in [0.05, 0.1) is 0 Å². The molecule has 0 aliphatic carbocycles. The first-order valence-corrected chi connectivity index (χ1v) is 8.37. The highest BCUT2D eigenvalue weighted by Gasteiger charge is 2.22. The Labute approximate surface area is 130 Å². The molecule has 112 valence electrons. The van der Waals surface area contributed by atoms with Gasteiger partial charge in [-0.2, -0.15) is 0 Å². The molecule has 0 radical (unpaired) electrons. The number of aryl methyl sites for hydroxylation is 2. The van der Waals surface area contributed by atoms with Crippen LogP contribution in [0.5, 0.6) is 0 Å². The summed E-state index contributed by atoms with van der Waals surface area (Å²) in [6, 6.07) is 8.55. The van der Waals surface area contributed by atoms with Crippen molar-refractivity contribution in [3.8, 4) is 0 Å². The fourth-order valence-electron chi connectivity index (χ4n) is 2.24. The minimum absolute atomic E-state index is 0.0109. The molecule has 1 heterocycles. The Morgan fingerprint density at radius 2 is 1.95 bits per heavy atom. The molecule has 4 nitrogen and oxygen atoms in total. The zero-order valence-electron chi connectivity index (χ0n) is 12.1. The Hall–Kier alpha value is -1.43. The number of hydrogen-bond acceptors (Lipinski definition) is 3. The largest absolute Gasteiger partial charge is 0.244 e. The number of sulfonamides is 1. The van der Waals surface area contributed by atoms with Crippen LogP contribution in [0.2, 0.25) is 5.15 Å². The van der Waals surface area contributed by atoms with Crippen LogP contribution in [0.3, 0.4) is 0 Å². The Kier molecular flexibility index (Phi) is 4.66. The standard InChI is InChI=1S/C15H17ClN2O2S/c1-10-6-7-13(11(2)9-10)12(3)18-21(19,20)14-5-4-8-17-15(14)16/h4-9,12,18H,1-3H3. The zero-order chi connectivity index (χ0) is 15.6. The van der Waals surface area contributed by atoms with Crippen LogP contribution in [-0.2, 0) is 10.0 Å². The molecule has 0 saturated heterocycles. The van der Waals surface area contributed by atoms with Crippen LogP contribution in [0.1, 0.15) is 29.7 Å². The summed E-state index contributed by atoms with van der Waals surface area (Å²) in [5.74, 6) is 0. The fraction of sp³-hybridized carbons (Fsp3) is 0.267. The molecule has 0 spiro atoms. The van der Waals surface area contributed by atoms with Crippen LogP contribution in [0, 0.1) is 13.8 Å². The van der Waals surface area contributed by atoms with Crippen molar-refractivity contribution in [2.45, 2.75) is 31.7 Å². The van der Waals surface area contributed by atoms with Crippen molar-refractivity contribution in [3.63, 3.8) is 0 Å². The van der Waals surface area contributed by atoms with E-state index in [0.29, 0.717) is 0 Å². The van der Waals surface area contributed by atoms with E-state index in [4.69, 9.17) is 11.6 Å². The van der Waals surface area contributed by atoms with Gasteiger partial charge in [-0.15, -0.1) is 0 Å². The van der Waals surface area contributed by atoms with Crippen molar-refractivity contribution in [2.24, 2.45) is 0 Å². The second-order valence-corrected chi connectivity index (χ2v) is 7.04. The van der Waals surface area contributed by atoms with E-state index in [1.54, 1.807) is 13.0 Å². The molecule has 1 unspecified atom stereocenters. The van der Waals surface area contributed by atoms with E-state index >= 15 is 0 Å². The van der Waals surface area contributed by atoms with E-state index in [1.165, 1.54) is 12.3 Å². The Balaban J connectivity index is 2.30. The van der Waals surface area contributed by atoms with E-state index in [2.05, 4.69) is 9.71 Å². The van der Waals surface area contributed by atoms with Gasteiger partial charge in [-0.25, -0.2) is 18.1 Å². The molecule has 2 rings (SSSR count). The quantitative estimate of drug-likeness (QED) is 0.877. The lowest BCUT2D eigenvalue weighted by Crippen LogP contribution is -2.27. The molecule has 0 aliphatic heterocycles. The SMILES string of the molecule is Cc1ccc(C(C)NS(=O)(=O)c2cccnc2Cl)c(C)c1. The first kappa shape index (κ1) is 15.9. The third-order valence-corrected chi connectivity index (χ3v) is 5.22. The third-order valence-electron chi connectivity index (χ3n) is 3.24. The Morgan fingerprint density at radius 3 is 2.57 bits per heavy atom. The van der Waals surface area contributed by atoms with Gasteiger partial charge in [0.1, 0.15) is 10.0 Å². The molecule has 0 saturated carbocycles. The maximum atomic E-state index is 12.4. The minimum atomic E-state index is -3.71. The van der Waals surface area contributed by atoms with Crippen LogP contribution in [0.15, 0.2) is 41.4 Å². The van der Waals surface area contributed by atoms with Crippen LogP contribution in [-0.4, -0.2) is 13.4 Å². The summed E-state index contributed by atoms with van der Waals surface area (Å²) >= 11 is 5.86. The third kappa shape index (κ3) is 3.61. The number of nitrogens with zero attached hydrogens (tertiary/aromatic N) is 1. The van der Waals surface area contributed by atoms with Gasteiger partial charge in [-0.05, 0) is 44.0 Å². The van der Waals surface area contributed by atoms with Gasteiger partial charge in [0.15, 0.2) is 0 Å². The lowest BCUT2D eigenvalue weighted by molar-refractivity contribution is 0.566. The second kappa shape index (κ2) is 6.13. The number of rotatable bonds is 4. The molecule has 0 aliphatic rings. The maximum absolute atomic E-state index is 12.4. The fourth-order valence-corrected chi connectivity index (χ4v) is 3.92. The molecule has 0 amide bonds. The monoisotopic (exact) mass is 324 g/mol. The molecule has 1 aromatic carbocycles. The summed E-state index contributed by atoms with van der Waals surface area (Å²) in [6.45, 7) is 5.77. The van der Waals surface area contributed by atoms with Crippen molar-refractivity contribution >= 4 is 21.6 Å². The molecule has 1 N–H and O–H groups in total. The molecule has 1 aromatic heterocycles. The summed E-state index contributed by atoms with van der Waals surface area (Å²) in [5.41, 5.74) is 3.12. The number of benzene rings is 1. The van der Waals surface area contributed by atoms with E-state index in [9.17, 15) is 8.42 Å². The van der Waals surface area contributed by atoms with Crippen LogP contribution in [0.25, 0.3) is 0 Å². The molecule has 0 bridgehead atoms. The summed E-state index contributed by atoms with van der Waals surface area (Å²) in [4.78, 5) is 3.79. The minimum Gasteiger partial charge on any atom is -0.243 e. The van der Waals surface area contributed by atoms with E-state index in [1.807, 2.05) is 32.0 Å². The van der Waals surface area contributed by atoms with Crippen molar-refractivity contribution < 1.29 is 8.42 Å². The average Bonchev–Trinajstić information content (AvgIpc) is 2.38. The number of pyridine rings is 1.